The number of carbonyl (C=O) groups is 2. The van der Waals surface area contributed by atoms with Crippen LogP contribution in [-0.4, -0.2) is 44.3 Å². The molecule has 0 saturated heterocycles. The second kappa shape index (κ2) is 12.6. The smallest absolute Gasteiger partial charge is 0.264 e. The van der Waals surface area contributed by atoms with E-state index in [0.717, 1.165) is 19.9 Å². The van der Waals surface area contributed by atoms with E-state index in [1.807, 2.05) is 31.2 Å². The Morgan fingerprint density at radius 1 is 1.03 bits per heavy atom. The fraction of sp³-hybridized carbons (Fsp3) is 0.259. The molecular weight excluding hydrogens is 578 g/mol. The third kappa shape index (κ3) is 7.34. The standard InChI is InChI=1S/C27H29BrClN3O4S/c1-4-30-27(34)20(3)31(17-21-6-5-7-22(28)16-21)26(33)18-32(24-12-8-19(2)9-13-24)37(35,36)25-14-10-23(29)11-15-25/h5-16,20H,4,17-18H2,1-3H3,(H,30,34). The molecule has 0 radical (unpaired) electrons. The lowest BCUT2D eigenvalue weighted by atomic mass is 10.1. The van der Waals surface area contributed by atoms with Crippen LogP contribution in [0, 0.1) is 6.92 Å². The van der Waals surface area contributed by atoms with Crippen LogP contribution in [0.4, 0.5) is 5.69 Å². The highest BCUT2D eigenvalue weighted by molar-refractivity contribution is 9.10. The SMILES string of the molecule is CCNC(=O)C(C)N(Cc1cccc(Br)c1)C(=O)CN(c1ccc(C)cc1)S(=O)(=O)c1ccc(Cl)cc1. The maximum Gasteiger partial charge on any atom is 0.264 e. The van der Waals surface area contributed by atoms with E-state index in [2.05, 4.69) is 21.2 Å². The number of nitrogens with zero attached hydrogens (tertiary/aromatic N) is 2. The lowest BCUT2D eigenvalue weighted by Gasteiger charge is -2.32. The zero-order chi connectivity index (χ0) is 27.2. The van der Waals surface area contributed by atoms with Gasteiger partial charge >= 0.3 is 0 Å². The monoisotopic (exact) mass is 605 g/mol. The molecule has 3 aromatic carbocycles. The first-order chi connectivity index (χ1) is 17.5. The minimum absolute atomic E-state index is 0.000546. The van der Waals surface area contributed by atoms with E-state index < -0.39 is 28.5 Å². The van der Waals surface area contributed by atoms with E-state index >= 15 is 0 Å². The predicted octanol–water partition coefficient (Wildman–Crippen LogP) is 5.16. The Kier molecular flexibility index (Phi) is 9.75. The van der Waals surface area contributed by atoms with Gasteiger partial charge in [0.15, 0.2) is 0 Å². The summed E-state index contributed by atoms with van der Waals surface area (Å²) < 4.78 is 29.3. The molecule has 1 atom stereocenters. The molecule has 10 heteroatoms. The van der Waals surface area contributed by atoms with Crippen LogP contribution in [0.3, 0.4) is 0 Å². The second-order valence-electron chi connectivity index (χ2n) is 8.52. The molecule has 1 N–H and O–H groups in total. The Bertz CT molecular complexity index is 1350. The number of carbonyl (C=O) groups excluding carboxylic acids is 2. The van der Waals surface area contributed by atoms with Crippen molar-refractivity contribution in [3.63, 3.8) is 0 Å². The Morgan fingerprint density at radius 2 is 1.68 bits per heavy atom. The highest BCUT2D eigenvalue weighted by Gasteiger charge is 2.32. The quantitative estimate of drug-likeness (QED) is 0.346. The second-order valence-corrected chi connectivity index (χ2v) is 11.7. The molecule has 0 saturated carbocycles. The summed E-state index contributed by atoms with van der Waals surface area (Å²) in [7, 11) is -4.13. The molecular formula is C27H29BrClN3O4S. The number of rotatable bonds is 10. The van der Waals surface area contributed by atoms with Crippen molar-refractivity contribution >= 4 is 55.1 Å². The lowest BCUT2D eigenvalue weighted by molar-refractivity contribution is -0.139. The number of hydrogen-bond donors (Lipinski definition) is 1. The van der Waals surface area contributed by atoms with Crippen molar-refractivity contribution in [1.82, 2.24) is 10.2 Å². The molecule has 3 aromatic rings. The average molecular weight is 607 g/mol. The molecule has 1 unspecified atom stereocenters. The summed E-state index contributed by atoms with van der Waals surface area (Å²) in [6.07, 6.45) is 0. The van der Waals surface area contributed by atoms with Crippen molar-refractivity contribution in [3.8, 4) is 0 Å². The third-order valence-corrected chi connectivity index (χ3v) is 8.30. The summed E-state index contributed by atoms with van der Waals surface area (Å²) in [6.45, 7) is 5.35. The van der Waals surface area contributed by atoms with Crippen LogP contribution in [-0.2, 0) is 26.2 Å². The molecule has 37 heavy (non-hydrogen) atoms. The van der Waals surface area contributed by atoms with E-state index in [-0.39, 0.29) is 17.3 Å². The first kappa shape index (κ1) is 28.7. The van der Waals surface area contributed by atoms with Crippen LogP contribution < -0.4 is 9.62 Å². The molecule has 3 rings (SSSR count). The van der Waals surface area contributed by atoms with Gasteiger partial charge in [-0.2, -0.15) is 0 Å². The van der Waals surface area contributed by atoms with E-state index in [1.165, 1.54) is 29.2 Å². The number of benzene rings is 3. The van der Waals surface area contributed by atoms with Gasteiger partial charge in [-0.25, -0.2) is 8.42 Å². The largest absolute Gasteiger partial charge is 0.355 e. The van der Waals surface area contributed by atoms with Gasteiger partial charge in [-0.3, -0.25) is 13.9 Å². The zero-order valence-electron chi connectivity index (χ0n) is 20.8. The fourth-order valence-electron chi connectivity index (χ4n) is 3.71. The molecule has 0 heterocycles. The zero-order valence-corrected chi connectivity index (χ0v) is 24.0. The van der Waals surface area contributed by atoms with Gasteiger partial charge in [-0.1, -0.05) is 57.4 Å². The average Bonchev–Trinajstić information content (AvgIpc) is 2.86. The minimum Gasteiger partial charge on any atom is -0.355 e. The number of aryl methyl sites for hydroxylation is 1. The normalized spacial score (nSPS) is 12.0. The summed E-state index contributed by atoms with van der Waals surface area (Å²) in [4.78, 5) is 27.9. The molecule has 7 nitrogen and oxygen atoms in total. The molecule has 0 aliphatic heterocycles. The number of anilines is 1. The maximum absolute atomic E-state index is 13.8. The molecule has 0 fully saturated rings. The van der Waals surface area contributed by atoms with Gasteiger partial charge in [-0.05, 0) is 74.9 Å². The van der Waals surface area contributed by atoms with Gasteiger partial charge < -0.3 is 10.2 Å². The fourth-order valence-corrected chi connectivity index (χ4v) is 5.70. The molecule has 2 amide bonds. The van der Waals surface area contributed by atoms with Gasteiger partial charge in [0, 0.05) is 22.6 Å². The summed E-state index contributed by atoms with van der Waals surface area (Å²) in [6, 6.07) is 19.2. The molecule has 0 aromatic heterocycles. The highest BCUT2D eigenvalue weighted by atomic mass is 79.9. The van der Waals surface area contributed by atoms with E-state index in [1.54, 1.807) is 38.1 Å². The maximum atomic E-state index is 13.8. The van der Waals surface area contributed by atoms with Crippen molar-refractivity contribution in [2.75, 3.05) is 17.4 Å². The van der Waals surface area contributed by atoms with Crippen LogP contribution in [0.25, 0.3) is 0 Å². The van der Waals surface area contributed by atoms with Gasteiger partial charge in [-0.15, -0.1) is 0 Å². The highest BCUT2D eigenvalue weighted by Crippen LogP contribution is 2.26. The molecule has 0 aliphatic carbocycles. The van der Waals surface area contributed by atoms with Gasteiger partial charge in [0.2, 0.25) is 11.8 Å². The van der Waals surface area contributed by atoms with Gasteiger partial charge in [0.1, 0.15) is 12.6 Å². The van der Waals surface area contributed by atoms with Crippen LogP contribution in [0.5, 0.6) is 0 Å². The molecule has 0 spiro atoms. The summed E-state index contributed by atoms with van der Waals surface area (Å²) in [5, 5.41) is 3.14. The Morgan fingerprint density at radius 3 is 2.27 bits per heavy atom. The molecule has 0 bridgehead atoms. The van der Waals surface area contributed by atoms with E-state index in [9.17, 15) is 18.0 Å². The van der Waals surface area contributed by atoms with E-state index in [0.29, 0.717) is 17.3 Å². The number of nitrogens with one attached hydrogen (secondary N) is 1. The van der Waals surface area contributed by atoms with Crippen LogP contribution >= 0.6 is 27.5 Å². The lowest BCUT2D eigenvalue weighted by Crippen LogP contribution is -2.51. The van der Waals surface area contributed by atoms with E-state index in [4.69, 9.17) is 11.6 Å². The van der Waals surface area contributed by atoms with Crippen molar-refractivity contribution < 1.29 is 18.0 Å². The molecule has 0 aliphatic rings. The first-order valence-electron chi connectivity index (χ1n) is 11.7. The van der Waals surface area contributed by atoms with Gasteiger partial charge in [0.05, 0.1) is 10.6 Å². The van der Waals surface area contributed by atoms with Crippen molar-refractivity contribution in [3.05, 3.63) is 93.4 Å². The third-order valence-electron chi connectivity index (χ3n) is 5.76. The van der Waals surface area contributed by atoms with Crippen LogP contribution in [0.15, 0.2) is 82.2 Å². The number of halogens is 2. The Hall–Kier alpha value is -2.88. The van der Waals surface area contributed by atoms with Crippen LogP contribution in [0.1, 0.15) is 25.0 Å². The van der Waals surface area contributed by atoms with Crippen molar-refractivity contribution in [2.45, 2.75) is 38.3 Å². The topological polar surface area (TPSA) is 86.8 Å². The Labute approximate surface area is 231 Å². The summed E-state index contributed by atoms with van der Waals surface area (Å²) in [5.74, 6) is -0.842. The summed E-state index contributed by atoms with van der Waals surface area (Å²) >= 11 is 9.40. The van der Waals surface area contributed by atoms with Gasteiger partial charge in [0.25, 0.3) is 10.0 Å². The first-order valence-corrected chi connectivity index (χ1v) is 14.3. The van der Waals surface area contributed by atoms with Crippen molar-refractivity contribution in [2.24, 2.45) is 0 Å². The number of likely N-dealkylation sites (N-methyl/N-ethyl adjacent to an activating group) is 1. The van der Waals surface area contributed by atoms with Crippen molar-refractivity contribution in [1.29, 1.82) is 0 Å². The number of amides is 2. The Balaban J connectivity index is 2.02. The number of sulfonamides is 1. The summed E-state index contributed by atoms with van der Waals surface area (Å²) in [5.41, 5.74) is 2.07. The van der Waals surface area contributed by atoms with Crippen LogP contribution in [0.2, 0.25) is 5.02 Å². The molecule has 196 valence electrons. The minimum atomic E-state index is -4.13. The predicted molar refractivity (Wildman–Crippen MR) is 150 cm³/mol. The number of hydrogen-bond acceptors (Lipinski definition) is 4.